The predicted octanol–water partition coefficient (Wildman–Crippen LogP) is 2.80. The van der Waals surface area contributed by atoms with Crippen LogP contribution in [0, 0.1) is 6.92 Å². The van der Waals surface area contributed by atoms with E-state index < -0.39 is 10.8 Å². The third-order valence-corrected chi connectivity index (χ3v) is 4.70. The highest BCUT2D eigenvalue weighted by atomic mass is 32.2. The molecule has 1 rings (SSSR count). The average Bonchev–Trinajstić information content (AvgIpc) is 2.35. The van der Waals surface area contributed by atoms with Crippen LogP contribution in [-0.2, 0) is 10.8 Å². The second kappa shape index (κ2) is 6.92. The van der Waals surface area contributed by atoms with E-state index in [2.05, 4.69) is 50.4 Å². The molecule has 0 aliphatic rings. The number of benzene rings is 1. The van der Waals surface area contributed by atoms with Crippen molar-refractivity contribution in [1.82, 2.24) is 5.32 Å². The number of nitrogens with one attached hydrogen (secondary N) is 1. The molecule has 0 fully saturated rings. The first-order chi connectivity index (χ1) is 8.10. The van der Waals surface area contributed by atoms with Crippen LogP contribution in [0.25, 0.3) is 0 Å². The second-order valence-electron chi connectivity index (χ2n) is 4.32. The SMILES string of the molecule is CCNC(c1ccc(C)cc1)C(C)S(=O)CC. The average molecular weight is 253 g/mol. The predicted molar refractivity (Wildman–Crippen MR) is 75.7 cm³/mol. The van der Waals surface area contributed by atoms with Gasteiger partial charge in [-0.15, -0.1) is 0 Å². The Kier molecular flexibility index (Phi) is 5.86. The molecule has 1 N–H and O–H groups in total. The van der Waals surface area contributed by atoms with Gasteiger partial charge in [0.25, 0.3) is 0 Å². The van der Waals surface area contributed by atoms with E-state index in [4.69, 9.17) is 0 Å². The van der Waals surface area contributed by atoms with Crippen molar-refractivity contribution in [2.75, 3.05) is 12.3 Å². The normalized spacial score (nSPS) is 16.5. The summed E-state index contributed by atoms with van der Waals surface area (Å²) in [5.41, 5.74) is 2.49. The topological polar surface area (TPSA) is 29.1 Å². The fraction of sp³-hybridized carbons (Fsp3) is 0.571. The lowest BCUT2D eigenvalue weighted by molar-refractivity contribution is 0.536. The Morgan fingerprint density at radius 2 is 1.82 bits per heavy atom. The summed E-state index contributed by atoms with van der Waals surface area (Å²) in [6.07, 6.45) is 0. The Labute approximate surface area is 107 Å². The Bertz CT molecular complexity index is 361. The molecule has 0 heterocycles. The van der Waals surface area contributed by atoms with Crippen molar-refractivity contribution >= 4 is 10.8 Å². The van der Waals surface area contributed by atoms with Crippen molar-refractivity contribution in [2.24, 2.45) is 0 Å². The monoisotopic (exact) mass is 253 g/mol. The minimum atomic E-state index is -0.772. The van der Waals surface area contributed by atoms with Crippen LogP contribution in [0.2, 0.25) is 0 Å². The van der Waals surface area contributed by atoms with Crippen LogP contribution in [0.15, 0.2) is 24.3 Å². The largest absolute Gasteiger partial charge is 0.309 e. The van der Waals surface area contributed by atoms with Gasteiger partial charge in [0.05, 0.1) is 5.25 Å². The van der Waals surface area contributed by atoms with Gasteiger partial charge < -0.3 is 5.32 Å². The van der Waals surface area contributed by atoms with Gasteiger partial charge in [-0.25, -0.2) is 0 Å². The Morgan fingerprint density at radius 3 is 2.29 bits per heavy atom. The molecule has 0 aliphatic carbocycles. The second-order valence-corrected chi connectivity index (χ2v) is 6.40. The van der Waals surface area contributed by atoms with Crippen LogP contribution in [0.5, 0.6) is 0 Å². The molecule has 3 atom stereocenters. The molecule has 0 radical (unpaired) electrons. The van der Waals surface area contributed by atoms with Crippen molar-refractivity contribution in [1.29, 1.82) is 0 Å². The van der Waals surface area contributed by atoms with Crippen LogP contribution in [0.4, 0.5) is 0 Å². The van der Waals surface area contributed by atoms with E-state index in [0.29, 0.717) is 0 Å². The van der Waals surface area contributed by atoms with E-state index in [9.17, 15) is 4.21 Å². The Hall–Kier alpha value is -0.670. The lowest BCUT2D eigenvalue weighted by Crippen LogP contribution is -2.33. The molecule has 3 heteroatoms. The summed E-state index contributed by atoms with van der Waals surface area (Å²) in [5.74, 6) is 0.717. The first kappa shape index (κ1) is 14.4. The summed E-state index contributed by atoms with van der Waals surface area (Å²) in [5, 5.41) is 3.58. The van der Waals surface area contributed by atoms with E-state index in [1.165, 1.54) is 11.1 Å². The van der Waals surface area contributed by atoms with E-state index in [-0.39, 0.29) is 11.3 Å². The molecular formula is C14H23NOS. The van der Waals surface area contributed by atoms with Crippen LogP contribution in [0.1, 0.15) is 37.9 Å². The Morgan fingerprint density at radius 1 is 1.24 bits per heavy atom. The van der Waals surface area contributed by atoms with Crippen LogP contribution >= 0.6 is 0 Å². The highest BCUT2D eigenvalue weighted by Gasteiger charge is 2.22. The lowest BCUT2D eigenvalue weighted by Gasteiger charge is -2.24. The summed E-state index contributed by atoms with van der Waals surface area (Å²) in [6, 6.07) is 8.67. The molecule has 0 spiro atoms. The summed E-state index contributed by atoms with van der Waals surface area (Å²) in [6.45, 7) is 9.10. The third-order valence-electron chi connectivity index (χ3n) is 3.03. The van der Waals surface area contributed by atoms with E-state index in [0.717, 1.165) is 12.3 Å². The summed E-state index contributed by atoms with van der Waals surface area (Å²) < 4.78 is 11.9. The van der Waals surface area contributed by atoms with Gasteiger partial charge >= 0.3 is 0 Å². The molecule has 0 saturated heterocycles. The molecule has 0 aliphatic heterocycles. The van der Waals surface area contributed by atoms with Gasteiger partial charge in [0.1, 0.15) is 0 Å². The van der Waals surface area contributed by atoms with E-state index in [1.807, 2.05) is 6.92 Å². The fourth-order valence-corrected chi connectivity index (χ4v) is 3.05. The van der Waals surface area contributed by atoms with Crippen molar-refractivity contribution in [3.63, 3.8) is 0 Å². The quantitative estimate of drug-likeness (QED) is 0.844. The fourth-order valence-electron chi connectivity index (χ4n) is 1.96. The molecule has 0 aromatic heterocycles. The van der Waals surface area contributed by atoms with Crippen molar-refractivity contribution in [3.8, 4) is 0 Å². The minimum absolute atomic E-state index is 0.141. The number of rotatable bonds is 6. The summed E-state index contributed by atoms with van der Waals surface area (Å²) in [4.78, 5) is 0. The Balaban J connectivity index is 2.92. The minimum Gasteiger partial charge on any atom is -0.309 e. The maximum atomic E-state index is 11.9. The lowest BCUT2D eigenvalue weighted by atomic mass is 10.0. The molecular weight excluding hydrogens is 230 g/mol. The molecule has 96 valence electrons. The summed E-state index contributed by atoms with van der Waals surface area (Å²) >= 11 is 0. The molecule has 0 amide bonds. The van der Waals surface area contributed by atoms with Crippen LogP contribution < -0.4 is 5.32 Å². The highest BCUT2D eigenvalue weighted by molar-refractivity contribution is 7.85. The number of hydrogen-bond acceptors (Lipinski definition) is 2. The maximum absolute atomic E-state index is 11.9. The zero-order chi connectivity index (χ0) is 12.8. The van der Waals surface area contributed by atoms with Gasteiger partial charge in [-0.1, -0.05) is 43.7 Å². The van der Waals surface area contributed by atoms with Crippen molar-refractivity contribution in [2.45, 2.75) is 39.0 Å². The molecule has 2 nitrogen and oxygen atoms in total. The van der Waals surface area contributed by atoms with Gasteiger partial charge in [-0.2, -0.15) is 0 Å². The molecule has 1 aromatic carbocycles. The van der Waals surface area contributed by atoms with E-state index >= 15 is 0 Å². The molecule has 17 heavy (non-hydrogen) atoms. The molecule has 0 bridgehead atoms. The third kappa shape index (κ3) is 3.93. The van der Waals surface area contributed by atoms with Gasteiger partial charge in [0, 0.05) is 22.6 Å². The van der Waals surface area contributed by atoms with Gasteiger partial charge in [0.15, 0.2) is 0 Å². The van der Waals surface area contributed by atoms with E-state index in [1.54, 1.807) is 0 Å². The van der Waals surface area contributed by atoms with Crippen LogP contribution in [0.3, 0.4) is 0 Å². The molecule has 3 unspecified atom stereocenters. The zero-order valence-electron chi connectivity index (χ0n) is 11.2. The van der Waals surface area contributed by atoms with Crippen molar-refractivity contribution < 1.29 is 4.21 Å². The first-order valence-electron chi connectivity index (χ1n) is 6.27. The molecule has 1 aromatic rings. The standard InChI is InChI=1S/C14H23NOS/c1-5-15-14(12(4)17(16)6-2)13-9-7-11(3)8-10-13/h7-10,12,14-15H,5-6H2,1-4H3. The number of aryl methyl sites for hydroxylation is 1. The maximum Gasteiger partial charge on any atom is 0.0514 e. The van der Waals surface area contributed by atoms with Gasteiger partial charge in [0.2, 0.25) is 0 Å². The summed E-state index contributed by atoms with van der Waals surface area (Å²) in [7, 11) is -0.772. The number of hydrogen-bond donors (Lipinski definition) is 1. The first-order valence-corrected chi connectivity index (χ1v) is 7.65. The smallest absolute Gasteiger partial charge is 0.0514 e. The highest BCUT2D eigenvalue weighted by Crippen LogP contribution is 2.21. The van der Waals surface area contributed by atoms with Gasteiger partial charge in [-0.05, 0) is 26.0 Å². The molecule has 0 saturated carbocycles. The van der Waals surface area contributed by atoms with Crippen molar-refractivity contribution in [3.05, 3.63) is 35.4 Å². The zero-order valence-corrected chi connectivity index (χ0v) is 12.0. The van der Waals surface area contributed by atoms with Crippen LogP contribution in [-0.4, -0.2) is 21.8 Å². The van der Waals surface area contributed by atoms with Gasteiger partial charge in [-0.3, -0.25) is 4.21 Å².